The lowest BCUT2D eigenvalue weighted by Gasteiger charge is -2.20. The fourth-order valence-corrected chi connectivity index (χ4v) is 4.53. The number of sulfonamides is 1. The summed E-state index contributed by atoms with van der Waals surface area (Å²) in [5, 5.41) is 0. The third-order valence-corrected chi connectivity index (χ3v) is 5.39. The molecule has 94 valence electrons. The van der Waals surface area contributed by atoms with Crippen molar-refractivity contribution in [2.45, 2.75) is 31.2 Å². The van der Waals surface area contributed by atoms with Crippen LogP contribution in [0.5, 0.6) is 0 Å². The van der Waals surface area contributed by atoms with Crippen molar-refractivity contribution < 1.29 is 8.42 Å². The van der Waals surface area contributed by atoms with E-state index in [9.17, 15) is 8.42 Å². The van der Waals surface area contributed by atoms with E-state index in [4.69, 9.17) is 0 Å². The number of rotatable bonds is 2. The third-order valence-electron chi connectivity index (χ3n) is 3.01. The second kappa shape index (κ2) is 4.66. The van der Waals surface area contributed by atoms with E-state index in [-0.39, 0.29) is 10.9 Å². The zero-order valence-electron chi connectivity index (χ0n) is 9.80. The first-order valence-electron chi connectivity index (χ1n) is 5.53. The highest BCUT2D eigenvalue weighted by Gasteiger charge is 2.36. The average molecular weight is 319 g/mol. The van der Waals surface area contributed by atoms with Crippen LogP contribution in [0.1, 0.15) is 20.3 Å². The zero-order chi connectivity index (χ0) is 12.6. The molecule has 0 aromatic carbocycles. The predicted octanol–water partition coefficient (Wildman–Crippen LogP) is 2.26. The van der Waals surface area contributed by atoms with Gasteiger partial charge in [0.1, 0.15) is 4.90 Å². The summed E-state index contributed by atoms with van der Waals surface area (Å²) in [7, 11) is -3.40. The second-order valence-electron chi connectivity index (χ2n) is 4.60. The van der Waals surface area contributed by atoms with Crippen molar-refractivity contribution in [2.24, 2.45) is 5.92 Å². The monoisotopic (exact) mass is 318 g/mol. The third kappa shape index (κ3) is 2.53. The molecule has 0 spiro atoms. The molecule has 6 heteroatoms. The molecule has 1 aromatic rings. The summed E-state index contributed by atoms with van der Waals surface area (Å²) < 4.78 is 27.1. The number of hydrogen-bond donors (Lipinski definition) is 0. The molecule has 0 N–H and O–H groups in total. The van der Waals surface area contributed by atoms with E-state index in [1.165, 1.54) is 6.20 Å². The van der Waals surface area contributed by atoms with Gasteiger partial charge in [-0.05, 0) is 41.3 Å². The highest BCUT2D eigenvalue weighted by molar-refractivity contribution is 9.10. The highest BCUT2D eigenvalue weighted by Crippen LogP contribution is 2.29. The Hall–Kier alpha value is -0.460. The van der Waals surface area contributed by atoms with E-state index in [0.717, 1.165) is 6.42 Å². The SMILES string of the molecule is CC1CC(C)N(S(=O)(=O)c2cncc(Br)c2)C1. The summed E-state index contributed by atoms with van der Waals surface area (Å²) in [6, 6.07) is 1.66. The van der Waals surface area contributed by atoms with Gasteiger partial charge in [-0.25, -0.2) is 8.42 Å². The van der Waals surface area contributed by atoms with Crippen molar-refractivity contribution >= 4 is 26.0 Å². The lowest BCUT2D eigenvalue weighted by Crippen LogP contribution is -2.34. The molecule has 0 bridgehead atoms. The lowest BCUT2D eigenvalue weighted by atomic mass is 10.1. The first-order valence-corrected chi connectivity index (χ1v) is 7.77. The van der Waals surface area contributed by atoms with Crippen LogP contribution in [0.3, 0.4) is 0 Å². The van der Waals surface area contributed by atoms with Crippen LogP contribution in [0.2, 0.25) is 0 Å². The summed E-state index contributed by atoms with van der Waals surface area (Å²) in [6.07, 6.45) is 3.89. The summed E-state index contributed by atoms with van der Waals surface area (Å²) in [5.41, 5.74) is 0. The molecule has 0 radical (unpaired) electrons. The molecule has 17 heavy (non-hydrogen) atoms. The number of aromatic nitrogens is 1. The van der Waals surface area contributed by atoms with Gasteiger partial charge in [0.2, 0.25) is 10.0 Å². The van der Waals surface area contributed by atoms with Crippen LogP contribution in [-0.2, 0) is 10.0 Å². The number of nitrogens with zero attached hydrogens (tertiary/aromatic N) is 2. The van der Waals surface area contributed by atoms with Crippen LogP contribution in [0.25, 0.3) is 0 Å². The largest absolute Gasteiger partial charge is 0.262 e. The molecule has 2 unspecified atom stereocenters. The van der Waals surface area contributed by atoms with Crippen LogP contribution in [0.4, 0.5) is 0 Å². The van der Waals surface area contributed by atoms with Crippen LogP contribution >= 0.6 is 15.9 Å². The van der Waals surface area contributed by atoms with Gasteiger partial charge >= 0.3 is 0 Å². The molecule has 2 atom stereocenters. The molecule has 2 rings (SSSR count). The Kier molecular flexibility index (Phi) is 3.56. The topological polar surface area (TPSA) is 50.3 Å². The molecule has 0 saturated carbocycles. The van der Waals surface area contributed by atoms with Gasteiger partial charge in [0.05, 0.1) is 0 Å². The quantitative estimate of drug-likeness (QED) is 0.840. The summed E-state index contributed by atoms with van der Waals surface area (Å²) >= 11 is 3.24. The summed E-state index contributed by atoms with van der Waals surface area (Å²) in [6.45, 7) is 4.62. The van der Waals surface area contributed by atoms with E-state index in [2.05, 4.69) is 27.8 Å². The Morgan fingerprint density at radius 1 is 1.41 bits per heavy atom. The van der Waals surface area contributed by atoms with Crippen LogP contribution in [-0.4, -0.2) is 30.3 Å². The Morgan fingerprint density at radius 3 is 2.65 bits per heavy atom. The van der Waals surface area contributed by atoms with Crippen molar-refractivity contribution in [3.63, 3.8) is 0 Å². The molecule has 1 aliphatic heterocycles. The molecular weight excluding hydrogens is 304 g/mol. The van der Waals surface area contributed by atoms with Gasteiger partial charge in [-0.2, -0.15) is 4.31 Å². The minimum atomic E-state index is -3.40. The lowest BCUT2D eigenvalue weighted by molar-refractivity contribution is 0.405. The van der Waals surface area contributed by atoms with Gasteiger partial charge in [-0.1, -0.05) is 6.92 Å². The molecular formula is C11H15BrN2O2S. The fourth-order valence-electron chi connectivity index (χ4n) is 2.27. The average Bonchev–Trinajstić information content (AvgIpc) is 2.58. The van der Waals surface area contributed by atoms with Gasteiger partial charge < -0.3 is 0 Å². The highest BCUT2D eigenvalue weighted by atomic mass is 79.9. The van der Waals surface area contributed by atoms with Gasteiger partial charge in [0.15, 0.2) is 0 Å². The van der Waals surface area contributed by atoms with E-state index >= 15 is 0 Å². The Morgan fingerprint density at radius 2 is 2.12 bits per heavy atom. The second-order valence-corrected chi connectivity index (χ2v) is 7.41. The zero-order valence-corrected chi connectivity index (χ0v) is 12.2. The Bertz CT molecular complexity index is 518. The van der Waals surface area contributed by atoms with Crippen molar-refractivity contribution in [1.29, 1.82) is 0 Å². The molecule has 1 aromatic heterocycles. The van der Waals surface area contributed by atoms with E-state index in [1.54, 1.807) is 16.6 Å². The minimum absolute atomic E-state index is 0.0639. The standard InChI is InChI=1S/C11H15BrN2O2S/c1-8-3-9(2)14(7-8)17(15,16)11-4-10(12)5-13-6-11/h4-6,8-9H,3,7H2,1-2H3. The van der Waals surface area contributed by atoms with Crippen LogP contribution < -0.4 is 0 Å². The smallest absolute Gasteiger partial charge is 0.244 e. The first-order chi connectivity index (χ1) is 7.91. The van der Waals surface area contributed by atoms with Crippen LogP contribution in [0.15, 0.2) is 27.8 Å². The first kappa shape index (κ1) is 13.0. The number of pyridine rings is 1. The Balaban J connectivity index is 2.37. The fraction of sp³-hybridized carbons (Fsp3) is 0.545. The van der Waals surface area contributed by atoms with Crippen molar-refractivity contribution in [1.82, 2.24) is 9.29 Å². The molecule has 0 aliphatic carbocycles. The maximum absolute atomic E-state index is 12.4. The molecule has 1 saturated heterocycles. The molecule has 0 amide bonds. The molecule has 1 aliphatic rings. The van der Waals surface area contributed by atoms with Crippen molar-refractivity contribution in [2.75, 3.05) is 6.54 Å². The van der Waals surface area contributed by atoms with E-state index in [1.807, 2.05) is 6.92 Å². The summed E-state index contributed by atoms with van der Waals surface area (Å²) in [5.74, 6) is 0.417. The maximum atomic E-state index is 12.4. The molecule has 1 fully saturated rings. The predicted molar refractivity (Wildman–Crippen MR) is 69.1 cm³/mol. The molecule has 2 heterocycles. The van der Waals surface area contributed by atoms with Crippen LogP contribution in [0, 0.1) is 5.92 Å². The summed E-state index contributed by atoms with van der Waals surface area (Å²) in [4.78, 5) is 4.17. The van der Waals surface area contributed by atoms with Gasteiger partial charge in [0.25, 0.3) is 0 Å². The molecule has 4 nitrogen and oxygen atoms in total. The van der Waals surface area contributed by atoms with Gasteiger partial charge in [-0.3, -0.25) is 4.98 Å². The number of halogens is 1. The van der Waals surface area contributed by atoms with E-state index in [0.29, 0.717) is 16.9 Å². The number of hydrogen-bond acceptors (Lipinski definition) is 3. The normalized spacial score (nSPS) is 26.3. The minimum Gasteiger partial charge on any atom is -0.262 e. The van der Waals surface area contributed by atoms with Gasteiger partial charge in [-0.15, -0.1) is 0 Å². The van der Waals surface area contributed by atoms with Crippen molar-refractivity contribution in [3.8, 4) is 0 Å². The van der Waals surface area contributed by atoms with Gasteiger partial charge in [0, 0.05) is 29.5 Å². The van der Waals surface area contributed by atoms with Crippen molar-refractivity contribution in [3.05, 3.63) is 22.9 Å². The van der Waals surface area contributed by atoms with E-state index < -0.39 is 10.0 Å². The Labute approximate surface area is 110 Å². The maximum Gasteiger partial charge on any atom is 0.244 e.